The summed E-state index contributed by atoms with van der Waals surface area (Å²) in [7, 11) is 2.02. The molecule has 0 saturated heterocycles. The molecule has 0 radical (unpaired) electrons. The zero-order valence-electron chi connectivity index (χ0n) is 7.26. The van der Waals surface area contributed by atoms with Gasteiger partial charge in [-0.15, -0.1) is 0 Å². The summed E-state index contributed by atoms with van der Waals surface area (Å²) < 4.78 is 2.05. The Balaban J connectivity index is 4.22. The molecule has 0 aliphatic heterocycles. The van der Waals surface area contributed by atoms with Crippen LogP contribution in [0.2, 0.25) is 0 Å². The Hall–Kier alpha value is -0.250. The lowest BCUT2D eigenvalue weighted by molar-refractivity contribution is 0.757. The third-order valence-corrected chi connectivity index (χ3v) is 2.16. The molecule has 0 bridgehead atoms. The average Bonchev–Trinajstić information content (AvgIpc) is 1.99. The van der Waals surface area contributed by atoms with Crippen LogP contribution in [-0.2, 0) is 0 Å². The van der Waals surface area contributed by atoms with Gasteiger partial charge in [0, 0.05) is 12.7 Å². The minimum Gasteiger partial charge on any atom is -0.322 e. The molecule has 0 amide bonds. The Kier molecular flexibility index (Phi) is 5.28. The van der Waals surface area contributed by atoms with Crippen molar-refractivity contribution in [3.05, 3.63) is 36.1 Å². The van der Waals surface area contributed by atoms with Crippen LogP contribution in [0.3, 0.4) is 0 Å². The smallest absolute Gasteiger partial charge is 0.0585 e. The largest absolute Gasteiger partial charge is 0.322 e. The molecule has 0 aromatic heterocycles. The van der Waals surface area contributed by atoms with Crippen molar-refractivity contribution in [1.82, 2.24) is 3.11 Å². The van der Waals surface area contributed by atoms with E-state index in [1.807, 2.05) is 23.2 Å². The summed E-state index contributed by atoms with van der Waals surface area (Å²) in [5.41, 5.74) is 2.41. The molecule has 2 heteroatoms. The van der Waals surface area contributed by atoms with Crippen molar-refractivity contribution in [2.75, 3.05) is 7.05 Å². The van der Waals surface area contributed by atoms with E-state index in [1.165, 1.54) is 11.3 Å². The van der Waals surface area contributed by atoms with Crippen LogP contribution in [-0.4, -0.2) is 10.2 Å². The first-order valence-corrected chi connectivity index (χ1v) is 4.41. The van der Waals surface area contributed by atoms with Crippen molar-refractivity contribution in [3.63, 3.8) is 0 Å². The molecule has 1 nitrogen and oxygen atoms in total. The molecule has 0 heterocycles. The quantitative estimate of drug-likeness (QED) is 0.429. The van der Waals surface area contributed by atoms with Crippen molar-refractivity contribution in [3.8, 4) is 0 Å². The Morgan fingerprint density at radius 1 is 1.36 bits per heavy atom. The third kappa shape index (κ3) is 5.07. The molecule has 0 N–H and O–H groups in total. The molecule has 0 atom stereocenters. The molecular weight excluding hydrogens is 249 g/mol. The number of rotatable bonds is 3. The van der Waals surface area contributed by atoms with E-state index in [-0.39, 0.29) is 0 Å². The zero-order valence-corrected chi connectivity index (χ0v) is 9.42. The first-order chi connectivity index (χ1) is 5.07. The van der Waals surface area contributed by atoms with Crippen molar-refractivity contribution < 1.29 is 0 Å². The molecule has 0 rings (SSSR count). The number of hydrogen-bond acceptors (Lipinski definition) is 1. The van der Waals surface area contributed by atoms with Gasteiger partial charge in [0.1, 0.15) is 0 Å². The van der Waals surface area contributed by atoms with Gasteiger partial charge in [-0.05, 0) is 19.9 Å². The zero-order chi connectivity index (χ0) is 8.85. The highest BCUT2D eigenvalue weighted by Crippen LogP contribution is 2.06. The minimum absolute atomic E-state index is 1.18. The van der Waals surface area contributed by atoms with E-state index in [9.17, 15) is 0 Å². The third-order valence-electron chi connectivity index (χ3n) is 1.40. The van der Waals surface area contributed by atoms with Gasteiger partial charge in [0.2, 0.25) is 0 Å². The SMILES string of the molecule is C=C/C(C)=C\C=C(/C)N(C)I. The number of nitrogens with zero attached hydrogens (tertiary/aromatic N) is 1. The second-order valence-corrected chi connectivity index (χ2v) is 3.85. The second-order valence-electron chi connectivity index (χ2n) is 2.40. The van der Waals surface area contributed by atoms with E-state index in [0.717, 1.165) is 0 Å². The monoisotopic (exact) mass is 263 g/mol. The lowest BCUT2D eigenvalue weighted by Crippen LogP contribution is -1.98. The number of hydrogen-bond donors (Lipinski definition) is 0. The van der Waals surface area contributed by atoms with Gasteiger partial charge in [0.25, 0.3) is 0 Å². The van der Waals surface area contributed by atoms with Gasteiger partial charge in [-0.1, -0.05) is 24.3 Å². The molecule has 0 saturated carbocycles. The highest BCUT2D eigenvalue weighted by atomic mass is 127. The molecular formula is C9H14IN. The molecule has 0 aliphatic rings. The fourth-order valence-corrected chi connectivity index (χ4v) is 0.584. The van der Waals surface area contributed by atoms with Crippen LogP contribution >= 0.6 is 22.9 Å². The van der Waals surface area contributed by atoms with Gasteiger partial charge < -0.3 is 3.11 Å². The highest BCUT2D eigenvalue weighted by molar-refractivity contribution is 14.1. The minimum atomic E-state index is 1.18. The number of allylic oxidation sites excluding steroid dienone is 5. The van der Waals surface area contributed by atoms with E-state index in [2.05, 4.69) is 48.5 Å². The Labute approximate surface area is 83.0 Å². The molecule has 62 valence electrons. The summed E-state index contributed by atoms with van der Waals surface area (Å²) in [4.78, 5) is 0. The van der Waals surface area contributed by atoms with Gasteiger partial charge in [-0.2, -0.15) is 0 Å². The maximum absolute atomic E-state index is 3.67. The van der Waals surface area contributed by atoms with E-state index in [1.54, 1.807) is 0 Å². The van der Waals surface area contributed by atoms with Crippen LogP contribution in [0.1, 0.15) is 13.8 Å². The summed E-state index contributed by atoms with van der Waals surface area (Å²) in [5, 5.41) is 0. The van der Waals surface area contributed by atoms with Crippen molar-refractivity contribution in [1.29, 1.82) is 0 Å². The van der Waals surface area contributed by atoms with Crippen LogP contribution < -0.4 is 0 Å². The average molecular weight is 263 g/mol. The van der Waals surface area contributed by atoms with Gasteiger partial charge in [0.05, 0.1) is 22.9 Å². The second kappa shape index (κ2) is 5.41. The van der Waals surface area contributed by atoms with Gasteiger partial charge in [0.15, 0.2) is 0 Å². The normalized spacial score (nSPS) is 13.1. The summed E-state index contributed by atoms with van der Waals surface area (Å²) in [6, 6.07) is 0. The van der Waals surface area contributed by atoms with Gasteiger partial charge in [-0.25, -0.2) is 0 Å². The van der Waals surface area contributed by atoms with Crippen LogP contribution in [0.25, 0.3) is 0 Å². The first kappa shape index (κ1) is 10.8. The van der Waals surface area contributed by atoms with Crippen molar-refractivity contribution in [2.24, 2.45) is 0 Å². The summed E-state index contributed by atoms with van der Waals surface area (Å²) in [5.74, 6) is 0. The van der Waals surface area contributed by atoms with E-state index >= 15 is 0 Å². The van der Waals surface area contributed by atoms with Crippen molar-refractivity contribution >= 4 is 22.9 Å². The first-order valence-electron chi connectivity index (χ1n) is 3.45. The topological polar surface area (TPSA) is 3.24 Å². The van der Waals surface area contributed by atoms with Crippen LogP contribution in [0, 0.1) is 0 Å². The fraction of sp³-hybridized carbons (Fsp3) is 0.333. The Morgan fingerprint density at radius 3 is 2.27 bits per heavy atom. The lowest BCUT2D eigenvalue weighted by Gasteiger charge is -2.07. The summed E-state index contributed by atoms with van der Waals surface area (Å²) >= 11 is 2.24. The number of halogens is 1. The van der Waals surface area contributed by atoms with Crippen molar-refractivity contribution in [2.45, 2.75) is 13.8 Å². The van der Waals surface area contributed by atoms with Crippen LogP contribution in [0.15, 0.2) is 36.1 Å². The maximum Gasteiger partial charge on any atom is 0.0585 e. The molecule has 0 aliphatic carbocycles. The Morgan fingerprint density at radius 2 is 1.91 bits per heavy atom. The molecule has 11 heavy (non-hydrogen) atoms. The summed E-state index contributed by atoms with van der Waals surface area (Å²) in [6.07, 6.45) is 5.97. The Bertz CT molecular complexity index is 190. The van der Waals surface area contributed by atoms with Crippen LogP contribution in [0.4, 0.5) is 0 Å². The predicted octanol–water partition coefficient (Wildman–Crippen LogP) is 3.30. The molecule has 0 unspecified atom stereocenters. The molecule has 0 aromatic rings. The van der Waals surface area contributed by atoms with Crippen LogP contribution in [0.5, 0.6) is 0 Å². The predicted molar refractivity (Wildman–Crippen MR) is 59.5 cm³/mol. The molecule has 0 spiro atoms. The molecule has 0 aromatic carbocycles. The van der Waals surface area contributed by atoms with E-state index < -0.39 is 0 Å². The maximum atomic E-state index is 3.67. The van der Waals surface area contributed by atoms with E-state index in [4.69, 9.17) is 0 Å². The van der Waals surface area contributed by atoms with E-state index in [0.29, 0.717) is 0 Å². The van der Waals surface area contributed by atoms with Gasteiger partial charge in [-0.3, -0.25) is 0 Å². The summed E-state index contributed by atoms with van der Waals surface area (Å²) in [6.45, 7) is 7.77. The molecule has 0 fully saturated rings. The van der Waals surface area contributed by atoms with Gasteiger partial charge >= 0.3 is 0 Å². The standard InChI is InChI=1S/C9H14IN/c1-5-8(2)6-7-9(3)11(4)10/h5-7H,1H2,2-4H3/b8-6-,9-7+. The highest BCUT2D eigenvalue weighted by Gasteiger charge is 1.88. The fourth-order valence-electron chi connectivity index (χ4n) is 0.423. The lowest BCUT2D eigenvalue weighted by atomic mass is 10.2.